The van der Waals surface area contributed by atoms with Crippen LogP contribution in [0.1, 0.15) is 33.5 Å². The van der Waals surface area contributed by atoms with Crippen LogP contribution in [-0.4, -0.2) is 27.6 Å². The van der Waals surface area contributed by atoms with Crippen LogP contribution in [0.25, 0.3) is 0 Å². The van der Waals surface area contributed by atoms with Crippen molar-refractivity contribution in [3.05, 3.63) is 81.3 Å². The SMILES string of the molecule is Cc1c(N2CCc3ncc(Cc4ccccc4F)cc3C2)nn(C=N)c(=N)c1C. The number of aromatic nitrogens is 3. The van der Waals surface area contributed by atoms with Gasteiger partial charge in [0.2, 0.25) is 0 Å². The Bertz CT molecular complexity index is 1150. The molecule has 0 amide bonds. The van der Waals surface area contributed by atoms with E-state index in [4.69, 9.17) is 10.8 Å². The number of nitrogens with one attached hydrogen (secondary N) is 2. The molecule has 0 spiro atoms. The average Bonchev–Trinajstić information content (AvgIpc) is 2.73. The van der Waals surface area contributed by atoms with Crippen molar-refractivity contribution in [2.75, 3.05) is 11.4 Å². The molecule has 3 heterocycles. The first-order valence-electron chi connectivity index (χ1n) is 9.58. The fraction of sp³-hybridized carbons (Fsp3) is 0.273. The van der Waals surface area contributed by atoms with Crippen molar-refractivity contribution in [2.45, 2.75) is 33.2 Å². The molecule has 0 bridgehead atoms. The van der Waals surface area contributed by atoms with Gasteiger partial charge in [-0.05, 0) is 42.2 Å². The standard InChI is InChI=1S/C22H23FN6/c1-14-15(2)22(27-29(13-24)21(14)25)28-8-7-20-18(12-28)10-16(11-26-20)9-17-5-3-4-6-19(17)23/h3-6,10-11,13,24-25H,7-9,12H2,1-2H3. The van der Waals surface area contributed by atoms with E-state index in [2.05, 4.69) is 21.0 Å². The molecule has 0 radical (unpaired) electrons. The summed E-state index contributed by atoms with van der Waals surface area (Å²) >= 11 is 0. The number of fused-ring (bicyclic) bond motifs is 1. The Labute approximate surface area is 168 Å². The normalized spacial score (nSPS) is 13.3. The summed E-state index contributed by atoms with van der Waals surface area (Å²) in [6, 6.07) is 8.93. The topological polar surface area (TPSA) is 81.7 Å². The Balaban J connectivity index is 1.65. The molecule has 0 aliphatic carbocycles. The van der Waals surface area contributed by atoms with Crippen LogP contribution >= 0.6 is 0 Å². The fourth-order valence-electron chi connectivity index (χ4n) is 3.75. The van der Waals surface area contributed by atoms with Crippen LogP contribution in [0.3, 0.4) is 0 Å². The lowest BCUT2D eigenvalue weighted by Gasteiger charge is -2.31. The zero-order valence-corrected chi connectivity index (χ0v) is 16.5. The lowest BCUT2D eigenvalue weighted by molar-refractivity contribution is 0.613. The van der Waals surface area contributed by atoms with E-state index >= 15 is 0 Å². The first kappa shape index (κ1) is 19.0. The maximum atomic E-state index is 14.0. The van der Waals surface area contributed by atoms with E-state index < -0.39 is 0 Å². The van der Waals surface area contributed by atoms with E-state index in [1.165, 1.54) is 10.7 Å². The predicted molar refractivity (Wildman–Crippen MR) is 110 cm³/mol. The molecule has 1 aromatic carbocycles. The summed E-state index contributed by atoms with van der Waals surface area (Å²) in [5.74, 6) is 0.584. The molecule has 0 unspecified atom stereocenters. The summed E-state index contributed by atoms with van der Waals surface area (Å²) < 4.78 is 15.3. The van der Waals surface area contributed by atoms with Gasteiger partial charge in [0, 0.05) is 43.4 Å². The largest absolute Gasteiger partial charge is 0.350 e. The van der Waals surface area contributed by atoms with Crippen molar-refractivity contribution >= 4 is 12.2 Å². The fourth-order valence-corrected chi connectivity index (χ4v) is 3.75. The number of anilines is 1. The van der Waals surface area contributed by atoms with Crippen LogP contribution in [0.5, 0.6) is 0 Å². The molecule has 0 saturated carbocycles. The van der Waals surface area contributed by atoms with Gasteiger partial charge in [-0.3, -0.25) is 15.8 Å². The second-order valence-corrected chi connectivity index (χ2v) is 7.39. The summed E-state index contributed by atoms with van der Waals surface area (Å²) in [6.45, 7) is 5.27. The Morgan fingerprint density at radius 2 is 2.00 bits per heavy atom. The van der Waals surface area contributed by atoms with Gasteiger partial charge >= 0.3 is 0 Å². The lowest BCUT2D eigenvalue weighted by atomic mass is 9.99. The molecule has 29 heavy (non-hydrogen) atoms. The zero-order chi connectivity index (χ0) is 20.5. The number of pyridine rings is 1. The summed E-state index contributed by atoms with van der Waals surface area (Å²) in [6.07, 6.45) is 4.20. The lowest BCUT2D eigenvalue weighted by Crippen LogP contribution is -2.36. The van der Waals surface area contributed by atoms with Gasteiger partial charge in [0.25, 0.3) is 0 Å². The number of halogens is 1. The van der Waals surface area contributed by atoms with Crippen molar-refractivity contribution in [2.24, 2.45) is 0 Å². The van der Waals surface area contributed by atoms with Crippen LogP contribution in [0, 0.1) is 30.5 Å². The zero-order valence-electron chi connectivity index (χ0n) is 16.5. The predicted octanol–water partition coefficient (Wildman–Crippen LogP) is 3.12. The quantitative estimate of drug-likeness (QED) is 0.530. The minimum atomic E-state index is -0.200. The molecule has 3 aromatic rings. The molecule has 0 fully saturated rings. The highest BCUT2D eigenvalue weighted by molar-refractivity contribution is 5.57. The van der Waals surface area contributed by atoms with Gasteiger partial charge in [0.05, 0.1) is 0 Å². The first-order valence-corrected chi connectivity index (χ1v) is 9.58. The summed E-state index contributed by atoms with van der Waals surface area (Å²) in [7, 11) is 0. The molecular formula is C22H23FN6. The molecular weight excluding hydrogens is 367 g/mol. The van der Waals surface area contributed by atoms with Crippen molar-refractivity contribution < 1.29 is 4.39 Å². The summed E-state index contributed by atoms with van der Waals surface area (Å²) in [5.41, 5.74) is 5.81. The number of hydrogen-bond acceptors (Lipinski definition) is 5. The van der Waals surface area contributed by atoms with E-state index in [1.54, 1.807) is 12.1 Å². The van der Waals surface area contributed by atoms with Crippen LogP contribution in [-0.2, 0) is 19.4 Å². The second kappa shape index (κ2) is 7.58. The van der Waals surface area contributed by atoms with E-state index in [0.29, 0.717) is 18.5 Å². The Morgan fingerprint density at radius 3 is 2.76 bits per heavy atom. The molecule has 7 heteroatoms. The second-order valence-electron chi connectivity index (χ2n) is 7.39. The number of benzene rings is 1. The van der Waals surface area contributed by atoms with Gasteiger partial charge in [0.15, 0.2) is 11.3 Å². The van der Waals surface area contributed by atoms with E-state index in [1.807, 2.05) is 26.1 Å². The van der Waals surface area contributed by atoms with Gasteiger partial charge in [0.1, 0.15) is 12.2 Å². The number of hydrogen-bond donors (Lipinski definition) is 2. The first-order chi connectivity index (χ1) is 14.0. The molecule has 148 valence electrons. The molecule has 2 aromatic heterocycles. The third-order valence-corrected chi connectivity index (χ3v) is 5.56. The number of nitrogens with zero attached hydrogens (tertiary/aromatic N) is 4. The Morgan fingerprint density at radius 1 is 1.21 bits per heavy atom. The Hall–Kier alpha value is -3.35. The van der Waals surface area contributed by atoms with Crippen LogP contribution in [0.15, 0.2) is 36.5 Å². The molecule has 2 N–H and O–H groups in total. The number of rotatable bonds is 4. The molecule has 1 aliphatic rings. The van der Waals surface area contributed by atoms with E-state index in [0.717, 1.165) is 53.1 Å². The molecule has 6 nitrogen and oxygen atoms in total. The smallest absolute Gasteiger partial charge is 0.153 e. The Kier molecular flexibility index (Phi) is 4.96. The maximum Gasteiger partial charge on any atom is 0.153 e. The van der Waals surface area contributed by atoms with E-state index in [9.17, 15) is 4.39 Å². The maximum absolute atomic E-state index is 14.0. The van der Waals surface area contributed by atoms with Crippen molar-refractivity contribution in [1.29, 1.82) is 10.8 Å². The average molecular weight is 390 g/mol. The van der Waals surface area contributed by atoms with Crippen molar-refractivity contribution in [3.63, 3.8) is 0 Å². The third-order valence-electron chi connectivity index (χ3n) is 5.56. The minimum absolute atomic E-state index is 0.200. The highest BCUT2D eigenvalue weighted by Gasteiger charge is 2.22. The monoisotopic (exact) mass is 390 g/mol. The highest BCUT2D eigenvalue weighted by Crippen LogP contribution is 2.26. The van der Waals surface area contributed by atoms with Gasteiger partial charge in [-0.2, -0.15) is 0 Å². The molecule has 0 atom stereocenters. The van der Waals surface area contributed by atoms with Gasteiger partial charge in [-0.1, -0.05) is 24.3 Å². The van der Waals surface area contributed by atoms with Crippen LogP contribution < -0.4 is 10.4 Å². The van der Waals surface area contributed by atoms with Gasteiger partial charge in [-0.25, -0.2) is 9.07 Å². The van der Waals surface area contributed by atoms with Gasteiger partial charge < -0.3 is 4.90 Å². The summed E-state index contributed by atoms with van der Waals surface area (Å²) in [4.78, 5) is 6.79. The highest BCUT2D eigenvalue weighted by atomic mass is 19.1. The minimum Gasteiger partial charge on any atom is -0.350 e. The van der Waals surface area contributed by atoms with Crippen LogP contribution in [0.4, 0.5) is 10.2 Å². The van der Waals surface area contributed by atoms with E-state index in [-0.39, 0.29) is 11.3 Å². The van der Waals surface area contributed by atoms with Gasteiger partial charge in [-0.15, -0.1) is 5.10 Å². The molecule has 4 rings (SSSR count). The summed E-state index contributed by atoms with van der Waals surface area (Å²) in [5, 5.41) is 20.1. The molecule has 0 saturated heterocycles. The molecule has 1 aliphatic heterocycles. The third kappa shape index (κ3) is 3.55. The van der Waals surface area contributed by atoms with Crippen LogP contribution in [0.2, 0.25) is 0 Å². The van der Waals surface area contributed by atoms with Crippen molar-refractivity contribution in [1.82, 2.24) is 14.8 Å². The van der Waals surface area contributed by atoms with Crippen molar-refractivity contribution in [3.8, 4) is 0 Å².